The predicted octanol–water partition coefficient (Wildman–Crippen LogP) is 3.51. The van der Waals surface area contributed by atoms with E-state index in [-0.39, 0.29) is 17.1 Å². The highest BCUT2D eigenvalue weighted by molar-refractivity contribution is 5.93. The van der Waals surface area contributed by atoms with Crippen molar-refractivity contribution in [3.63, 3.8) is 0 Å². The molecule has 0 radical (unpaired) electrons. The first kappa shape index (κ1) is 11.2. The molecule has 0 heterocycles. The number of allylic oxidation sites excluding steroid dienone is 4. The third kappa shape index (κ3) is 2.57. The highest BCUT2D eigenvalue weighted by atomic mass is 16.1. The smallest absolute Gasteiger partial charge is 0.162 e. The lowest BCUT2D eigenvalue weighted by Gasteiger charge is -2.30. The van der Waals surface area contributed by atoms with E-state index in [0.29, 0.717) is 0 Å². The van der Waals surface area contributed by atoms with Gasteiger partial charge in [-0.25, -0.2) is 0 Å². The molecule has 1 heteroatoms. The zero-order valence-corrected chi connectivity index (χ0v) is 9.63. The molecule has 1 aliphatic carbocycles. The van der Waals surface area contributed by atoms with Gasteiger partial charge in [-0.15, -0.1) is 0 Å². The molecule has 0 aromatic rings. The second kappa shape index (κ2) is 4.12. The standard InChI is InChI=1S/C13H20O/c1-5-6-12(14)11-7-8-13(3,4)9-10(11)2/h5-6,9,11H,7-8H2,1-4H3/b6-5+. The molecule has 1 unspecified atom stereocenters. The van der Waals surface area contributed by atoms with Gasteiger partial charge in [0.2, 0.25) is 0 Å². The highest BCUT2D eigenvalue weighted by Crippen LogP contribution is 2.36. The van der Waals surface area contributed by atoms with Gasteiger partial charge < -0.3 is 0 Å². The van der Waals surface area contributed by atoms with Crippen molar-refractivity contribution in [1.82, 2.24) is 0 Å². The van der Waals surface area contributed by atoms with Crippen molar-refractivity contribution >= 4 is 5.78 Å². The van der Waals surface area contributed by atoms with Crippen LogP contribution in [0.4, 0.5) is 0 Å². The molecule has 0 aromatic carbocycles. The van der Waals surface area contributed by atoms with Crippen LogP contribution in [0.2, 0.25) is 0 Å². The molecule has 1 rings (SSSR count). The summed E-state index contributed by atoms with van der Waals surface area (Å²) in [6.07, 6.45) is 7.88. The van der Waals surface area contributed by atoms with Gasteiger partial charge in [-0.3, -0.25) is 4.79 Å². The fourth-order valence-corrected chi connectivity index (χ4v) is 2.18. The molecule has 0 fully saturated rings. The minimum Gasteiger partial charge on any atom is -0.294 e. The quantitative estimate of drug-likeness (QED) is 0.483. The van der Waals surface area contributed by atoms with Crippen molar-refractivity contribution in [3.05, 3.63) is 23.8 Å². The van der Waals surface area contributed by atoms with E-state index in [0.717, 1.165) is 12.8 Å². The Morgan fingerprint density at radius 2 is 2.21 bits per heavy atom. The number of rotatable bonds is 2. The molecule has 1 aliphatic rings. The number of carbonyl (C=O) groups excluding carboxylic acids is 1. The Balaban J connectivity index is 2.81. The van der Waals surface area contributed by atoms with E-state index in [2.05, 4.69) is 26.8 Å². The van der Waals surface area contributed by atoms with Crippen LogP contribution in [-0.2, 0) is 4.79 Å². The SMILES string of the molecule is C/C=C/C(=O)C1CCC(C)(C)C=C1C. The van der Waals surface area contributed by atoms with E-state index >= 15 is 0 Å². The summed E-state index contributed by atoms with van der Waals surface area (Å²) >= 11 is 0. The Labute approximate surface area is 86.9 Å². The molecular formula is C13H20O. The highest BCUT2D eigenvalue weighted by Gasteiger charge is 2.28. The lowest BCUT2D eigenvalue weighted by molar-refractivity contribution is -0.117. The molecule has 0 amide bonds. The lowest BCUT2D eigenvalue weighted by Crippen LogP contribution is -2.23. The number of hydrogen-bond donors (Lipinski definition) is 0. The van der Waals surface area contributed by atoms with Gasteiger partial charge in [0, 0.05) is 5.92 Å². The lowest BCUT2D eigenvalue weighted by atomic mass is 9.74. The Morgan fingerprint density at radius 3 is 2.71 bits per heavy atom. The van der Waals surface area contributed by atoms with Crippen molar-refractivity contribution in [2.24, 2.45) is 11.3 Å². The van der Waals surface area contributed by atoms with Crippen molar-refractivity contribution in [2.45, 2.75) is 40.5 Å². The van der Waals surface area contributed by atoms with Gasteiger partial charge >= 0.3 is 0 Å². The van der Waals surface area contributed by atoms with E-state index in [1.54, 1.807) is 6.08 Å². The van der Waals surface area contributed by atoms with Crippen LogP contribution in [0.5, 0.6) is 0 Å². The molecule has 1 nitrogen and oxygen atoms in total. The van der Waals surface area contributed by atoms with Gasteiger partial charge in [0.1, 0.15) is 0 Å². The molecule has 0 spiro atoms. The maximum Gasteiger partial charge on any atom is 0.162 e. The first-order valence-electron chi connectivity index (χ1n) is 5.32. The molecule has 78 valence electrons. The van der Waals surface area contributed by atoms with Gasteiger partial charge in [0.15, 0.2) is 5.78 Å². The topological polar surface area (TPSA) is 17.1 Å². The third-order valence-electron chi connectivity index (χ3n) is 2.92. The summed E-state index contributed by atoms with van der Waals surface area (Å²) in [5, 5.41) is 0. The van der Waals surface area contributed by atoms with Crippen molar-refractivity contribution in [1.29, 1.82) is 0 Å². The van der Waals surface area contributed by atoms with E-state index in [1.807, 2.05) is 13.0 Å². The minimum absolute atomic E-state index is 0.138. The summed E-state index contributed by atoms with van der Waals surface area (Å²) in [6.45, 7) is 8.43. The summed E-state index contributed by atoms with van der Waals surface area (Å²) in [7, 11) is 0. The van der Waals surface area contributed by atoms with E-state index in [1.165, 1.54) is 5.57 Å². The largest absolute Gasteiger partial charge is 0.294 e. The summed E-state index contributed by atoms with van der Waals surface area (Å²) in [5.74, 6) is 0.399. The molecule has 14 heavy (non-hydrogen) atoms. The molecular weight excluding hydrogens is 172 g/mol. The minimum atomic E-state index is 0.138. The molecule has 1 atom stereocenters. The predicted molar refractivity (Wildman–Crippen MR) is 60.1 cm³/mol. The van der Waals surface area contributed by atoms with E-state index < -0.39 is 0 Å². The fourth-order valence-electron chi connectivity index (χ4n) is 2.18. The van der Waals surface area contributed by atoms with Gasteiger partial charge in [-0.05, 0) is 38.2 Å². The summed E-state index contributed by atoms with van der Waals surface area (Å²) in [5.41, 5.74) is 1.51. The number of ketones is 1. The summed E-state index contributed by atoms with van der Waals surface area (Å²) in [6, 6.07) is 0. The fraction of sp³-hybridized carbons (Fsp3) is 0.615. The second-order valence-corrected chi connectivity index (χ2v) is 4.87. The Kier molecular flexibility index (Phi) is 3.30. The van der Waals surface area contributed by atoms with E-state index in [9.17, 15) is 4.79 Å². The third-order valence-corrected chi connectivity index (χ3v) is 2.92. The van der Waals surface area contributed by atoms with Crippen LogP contribution >= 0.6 is 0 Å². The van der Waals surface area contributed by atoms with Crippen LogP contribution in [0.25, 0.3) is 0 Å². The summed E-state index contributed by atoms with van der Waals surface area (Å²) in [4.78, 5) is 11.7. The molecule has 0 aromatic heterocycles. The van der Waals surface area contributed by atoms with Crippen molar-refractivity contribution in [3.8, 4) is 0 Å². The Bertz CT molecular complexity index is 282. The maximum absolute atomic E-state index is 11.7. The molecule has 0 bridgehead atoms. The molecule has 0 saturated carbocycles. The van der Waals surface area contributed by atoms with Crippen molar-refractivity contribution < 1.29 is 4.79 Å². The average molecular weight is 192 g/mol. The van der Waals surface area contributed by atoms with Crippen molar-refractivity contribution in [2.75, 3.05) is 0 Å². The second-order valence-electron chi connectivity index (χ2n) is 4.87. The van der Waals surface area contributed by atoms with Gasteiger partial charge in [0.05, 0.1) is 0 Å². The van der Waals surface area contributed by atoms with Gasteiger partial charge in [0.25, 0.3) is 0 Å². The molecule has 0 saturated heterocycles. The average Bonchev–Trinajstić information content (AvgIpc) is 2.02. The van der Waals surface area contributed by atoms with Gasteiger partial charge in [-0.1, -0.05) is 31.6 Å². The van der Waals surface area contributed by atoms with Crippen LogP contribution in [-0.4, -0.2) is 5.78 Å². The number of carbonyl (C=O) groups is 1. The first-order valence-corrected chi connectivity index (χ1v) is 5.32. The molecule has 0 aliphatic heterocycles. The molecule has 0 N–H and O–H groups in total. The van der Waals surface area contributed by atoms with Crippen LogP contribution in [0.1, 0.15) is 40.5 Å². The normalized spacial score (nSPS) is 26.3. The maximum atomic E-state index is 11.7. The van der Waals surface area contributed by atoms with Crippen LogP contribution < -0.4 is 0 Å². The number of hydrogen-bond acceptors (Lipinski definition) is 1. The van der Waals surface area contributed by atoms with Crippen LogP contribution in [0.15, 0.2) is 23.8 Å². The first-order chi connectivity index (χ1) is 6.46. The van der Waals surface area contributed by atoms with Gasteiger partial charge in [-0.2, -0.15) is 0 Å². The summed E-state index contributed by atoms with van der Waals surface area (Å²) < 4.78 is 0. The Hall–Kier alpha value is -0.850. The Morgan fingerprint density at radius 1 is 1.57 bits per heavy atom. The van der Waals surface area contributed by atoms with E-state index in [4.69, 9.17) is 0 Å². The van der Waals surface area contributed by atoms with Crippen LogP contribution in [0, 0.1) is 11.3 Å². The zero-order valence-electron chi connectivity index (χ0n) is 9.63. The zero-order chi connectivity index (χ0) is 10.8. The van der Waals surface area contributed by atoms with Crippen LogP contribution in [0.3, 0.4) is 0 Å². The monoisotopic (exact) mass is 192 g/mol.